The number of pyridine rings is 1. The normalized spacial score (nSPS) is 11.7. The second-order valence-corrected chi connectivity index (χ2v) is 6.22. The number of nitrogen functional groups attached to an aromatic ring is 1. The van der Waals surface area contributed by atoms with E-state index < -0.39 is 10.0 Å². The minimum absolute atomic E-state index is 0.0348. The summed E-state index contributed by atoms with van der Waals surface area (Å²) in [7, 11) is -2.16. The Labute approximate surface area is 121 Å². The zero-order valence-electron chi connectivity index (χ0n) is 11.2. The summed E-state index contributed by atoms with van der Waals surface area (Å²) in [6, 6.07) is 8.77. The summed E-state index contributed by atoms with van der Waals surface area (Å²) in [6.07, 6.45) is 3.04. The number of rotatable bonds is 3. The van der Waals surface area contributed by atoms with Crippen LogP contribution in [0.25, 0.3) is 10.9 Å². The van der Waals surface area contributed by atoms with Crippen molar-refractivity contribution >= 4 is 32.4 Å². The van der Waals surface area contributed by atoms with Crippen LogP contribution in [0.15, 0.2) is 47.6 Å². The van der Waals surface area contributed by atoms with Crippen LogP contribution in [-0.4, -0.2) is 23.2 Å². The summed E-state index contributed by atoms with van der Waals surface area (Å²) in [5.41, 5.74) is 6.85. The van der Waals surface area contributed by atoms with E-state index in [4.69, 9.17) is 5.73 Å². The molecular weight excluding hydrogens is 290 g/mol. The van der Waals surface area contributed by atoms with E-state index in [0.717, 1.165) is 10.9 Å². The maximum Gasteiger partial charge on any atom is 0.267 e. The van der Waals surface area contributed by atoms with Gasteiger partial charge in [0.25, 0.3) is 10.0 Å². The zero-order valence-corrected chi connectivity index (χ0v) is 12.0. The van der Waals surface area contributed by atoms with Crippen molar-refractivity contribution < 1.29 is 8.42 Å². The number of aryl methyl sites for hydroxylation is 1. The van der Waals surface area contributed by atoms with Gasteiger partial charge in [-0.1, -0.05) is 6.07 Å². The van der Waals surface area contributed by atoms with Gasteiger partial charge in [-0.05, 0) is 24.3 Å². The van der Waals surface area contributed by atoms with Crippen LogP contribution < -0.4 is 10.5 Å². The molecule has 0 aliphatic heterocycles. The monoisotopic (exact) mass is 303 g/mol. The molecule has 0 amide bonds. The Morgan fingerprint density at radius 1 is 1.29 bits per heavy atom. The van der Waals surface area contributed by atoms with Gasteiger partial charge < -0.3 is 5.73 Å². The van der Waals surface area contributed by atoms with Crippen molar-refractivity contribution in [2.45, 2.75) is 4.90 Å². The summed E-state index contributed by atoms with van der Waals surface area (Å²) in [5, 5.41) is 4.68. The number of nitrogens with one attached hydrogen (secondary N) is 1. The minimum Gasteiger partial charge on any atom is -0.381 e. The van der Waals surface area contributed by atoms with Crippen LogP contribution in [0.2, 0.25) is 0 Å². The van der Waals surface area contributed by atoms with Gasteiger partial charge in [0, 0.05) is 30.5 Å². The molecule has 0 atom stereocenters. The number of anilines is 2. The molecule has 0 fully saturated rings. The molecule has 0 saturated carbocycles. The molecule has 1 aromatic carbocycles. The van der Waals surface area contributed by atoms with Gasteiger partial charge in [0.05, 0.1) is 5.52 Å². The summed E-state index contributed by atoms with van der Waals surface area (Å²) >= 11 is 0. The molecule has 7 nitrogen and oxygen atoms in total. The fourth-order valence-corrected chi connectivity index (χ4v) is 3.19. The summed E-state index contributed by atoms with van der Waals surface area (Å²) in [4.78, 5) is 4.14. The molecule has 3 N–H and O–H groups in total. The summed E-state index contributed by atoms with van der Waals surface area (Å²) in [6.45, 7) is 0. The van der Waals surface area contributed by atoms with Crippen LogP contribution in [0.5, 0.6) is 0 Å². The number of hydrogen-bond acceptors (Lipinski definition) is 5. The second-order valence-electron chi connectivity index (χ2n) is 4.57. The molecule has 108 valence electrons. The van der Waals surface area contributed by atoms with Crippen molar-refractivity contribution in [1.29, 1.82) is 0 Å². The second kappa shape index (κ2) is 4.74. The quantitative estimate of drug-likeness (QED) is 0.760. The molecule has 0 spiro atoms. The van der Waals surface area contributed by atoms with Crippen molar-refractivity contribution in [1.82, 2.24) is 14.8 Å². The van der Waals surface area contributed by atoms with Crippen molar-refractivity contribution in [2.24, 2.45) is 7.05 Å². The standard InChI is InChI=1S/C13H13N5O2S/c1-18-8-12(13(14)16-18)21(19,20)17-10-4-5-11-9(7-10)3-2-6-15-11/h2-8,17H,1H3,(H2,14,16). The lowest BCUT2D eigenvalue weighted by atomic mass is 10.2. The lowest BCUT2D eigenvalue weighted by Gasteiger charge is -2.07. The molecule has 0 saturated heterocycles. The van der Waals surface area contributed by atoms with Crippen LogP contribution >= 0.6 is 0 Å². The van der Waals surface area contributed by atoms with E-state index >= 15 is 0 Å². The average Bonchev–Trinajstić information content (AvgIpc) is 2.78. The SMILES string of the molecule is Cn1cc(S(=O)(=O)Nc2ccc3ncccc3c2)c(N)n1. The number of hydrogen-bond donors (Lipinski definition) is 2. The number of benzene rings is 1. The molecule has 2 aromatic heterocycles. The third kappa shape index (κ3) is 2.52. The Hall–Kier alpha value is -2.61. The first-order chi connectivity index (χ1) is 9.95. The molecule has 8 heteroatoms. The lowest BCUT2D eigenvalue weighted by Crippen LogP contribution is -2.13. The molecule has 3 aromatic rings. The smallest absolute Gasteiger partial charge is 0.267 e. The van der Waals surface area contributed by atoms with Crippen LogP contribution in [0.3, 0.4) is 0 Å². The molecule has 2 heterocycles. The molecule has 21 heavy (non-hydrogen) atoms. The first kappa shape index (κ1) is 13.4. The van der Waals surface area contributed by atoms with Gasteiger partial charge in [-0.15, -0.1) is 0 Å². The van der Waals surface area contributed by atoms with E-state index in [0.29, 0.717) is 5.69 Å². The Morgan fingerprint density at radius 2 is 2.10 bits per heavy atom. The predicted molar refractivity (Wildman–Crippen MR) is 80.2 cm³/mol. The first-order valence-corrected chi connectivity index (χ1v) is 7.61. The Bertz CT molecular complexity index is 917. The maximum absolute atomic E-state index is 12.3. The Balaban J connectivity index is 1.99. The molecule has 0 aliphatic carbocycles. The van der Waals surface area contributed by atoms with Gasteiger partial charge in [0.15, 0.2) is 5.82 Å². The van der Waals surface area contributed by atoms with Gasteiger partial charge >= 0.3 is 0 Å². The highest BCUT2D eigenvalue weighted by atomic mass is 32.2. The van der Waals surface area contributed by atoms with Crippen molar-refractivity contribution in [3.05, 3.63) is 42.7 Å². The van der Waals surface area contributed by atoms with Gasteiger partial charge in [-0.3, -0.25) is 14.4 Å². The summed E-state index contributed by atoms with van der Waals surface area (Å²) in [5.74, 6) is -0.0348. The topological polar surface area (TPSA) is 103 Å². The highest BCUT2D eigenvalue weighted by Crippen LogP contribution is 2.22. The fraction of sp³-hybridized carbons (Fsp3) is 0.0769. The van der Waals surface area contributed by atoms with Crippen LogP contribution in [0.4, 0.5) is 11.5 Å². The molecule has 3 rings (SSSR count). The first-order valence-electron chi connectivity index (χ1n) is 6.12. The van der Waals surface area contributed by atoms with Crippen LogP contribution in [0, 0.1) is 0 Å². The predicted octanol–water partition coefficient (Wildman–Crippen LogP) is 1.35. The molecule has 0 aliphatic rings. The van der Waals surface area contributed by atoms with Gasteiger partial charge in [-0.2, -0.15) is 5.10 Å². The van der Waals surface area contributed by atoms with Crippen molar-refractivity contribution in [2.75, 3.05) is 10.5 Å². The highest BCUT2D eigenvalue weighted by molar-refractivity contribution is 7.92. The molecule has 0 bridgehead atoms. The summed E-state index contributed by atoms with van der Waals surface area (Å²) < 4.78 is 28.5. The van der Waals surface area contributed by atoms with E-state index in [9.17, 15) is 8.42 Å². The minimum atomic E-state index is -3.77. The van der Waals surface area contributed by atoms with E-state index in [1.54, 1.807) is 37.5 Å². The van der Waals surface area contributed by atoms with Crippen molar-refractivity contribution in [3.63, 3.8) is 0 Å². The van der Waals surface area contributed by atoms with Crippen LogP contribution in [-0.2, 0) is 17.1 Å². The molecule has 0 unspecified atom stereocenters. The largest absolute Gasteiger partial charge is 0.381 e. The highest BCUT2D eigenvalue weighted by Gasteiger charge is 2.20. The van der Waals surface area contributed by atoms with Crippen molar-refractivity contribution in [3.8, 4) is 0 Å². The number of fused-ring (bicyclic) bond motifs is 1. The van der Waals surface area contributed by atoms with E-state index in [1.165, 1.54) is 10.9 Å². The molecule has 0 radical (unpaired) electrons. The Kier molecular flexibility index (Phi) is 3.02. The average molecular weight is 303 g/mol. The van der Waals surface area contributed by atoms with Gasteiger partial charge in [-0.25, -0.2) is 8.42 Å². The van der Waals surface area contributed by atoms with E-state index in [2.05, 4.69) is 14.8 Å². The number of aromatic nitrogens is 3. The lowest BCUT2D eigenvalue weighted by molar-refractivity contribution is 0.601. The maximum atomic E-state index is 12.3. The number of sulfonamides is 1. The molecular formula is C13H13N5O2S. The fourth-order valence-electron chi connectivity index (χ4n) is 2.04. The van der Waals surface area contributed by atoms with Gasteiger partial charge in [0.1, 0.15) is 4.90 Å². The van der Waals surface area contributed by atoms with Gasteiger partial charge in [0.2, 0.25) is 0 Å². The Morgan fingerprint density at radius 3 is 2.81 bits per heavy atom. The third-order valence-electron chi connectivity index (χ3n) is 2.97. The number of nitrogens with two attached hydrogens (primary N) is 1. The van der Waals surface area contributed by atoms with E-state index in [-0.39, 0.29) is 10.7 Å². The number of nitrogens with zero attached hydrogens (tertiary/aromatic N) is 3. The third-order valence-corrected chi connectivity index (χ3v) is 4.36. The zero-order chi connectivity index (χ0) is 15.0. The van der Waals surface area contributed by atoms with E-state index in [1.807, 2.05) is 6.07 Å². The van der Waals surface area contributed by atoms with Crippen LogP contribution in [0.1, 0.15) is 0 Å².